The third kappa shape index (κ3) is 12.4. The predicted octanol–water partition coefficient (Wildman–Crippen LogP) is 6.31. The zero-order valence-electron chi connectivity index (χ0n) is 20.7. The molecule has 2 rings (SSSR count). The van der Waals surface area contributed by atoms with Gasteiger partial charge >= 0.3 is 0 Å². The zero-order valence-corrected chi connectivity index (χ0v) is 21.5. The molecule has 1 aliphatic rings. The van der Waals surface area contributed by atoms with Gasteiger partial charge in [0.15, 0.2) is 0 Å². The molecule has 1 aliphatic heterocycles. The lowest BCUT2D eigenvalue weighted by Gasteiger charge is -2.32. The molecule has 0 spiro atoms. The maximum atomic E-state index is 10.7. The van der Waals surface area contributed by atoms with Crippen molar-refractivity contribution >= 4 is 17.9 Å². The molecule has 1 N–H and O–H groups in total. The number of allylic oxidation sites excluding steroid dienone is 2. The van der Waals surface area contributed by atoms with Gasteiger partial charge in [-0.15, -0.1) is 0 Å². The summed E-state index contributed by atoms with van der Waals surface area (Å²) in [7, 11) is 2.07. The van der Waals surface area contributed by atoms with Gasteiger partial charge in [0.25, 0.3) is 0 Å². The summed E-state index contributed by atoms with van der Waals surface area (Å²) in [4.78, 5) is 13.2. The van der Waals surface area contributed by atoms with Crippen LogP contribution >= 0.6 is 11.6 Å². The summed E-state index contributed by atoms with van der Waals surface area (Å²) < 4.78 is 5.53. The van der Waals surface area contributed by atoms with Crippen molar-refractivity contribution < 1.29 is 9.53 Å². The van der Waals surface area contributed by atoms with E-state index in [1.54, 1.807) is 12.1 Å². The summed E-state index contributed by atoms with van der Waals surface area (Å²) in [5, 5.41) is 4.08. The van der Waals surface area contributed by atoms with Crippen LogP contribution in [0, 0.1) is 5.41 Å². The number of hydrogen-bond acceptors (Lipinski definition) is 4. The number of aldehydes is 1. The maximum absolute atomic E-state index is 10.7. The number of nitrogens with one attached hydrogen (secondary N) is 1. The third-order valence-corrected chi connectivity index (χ3v) is 5.87. The lowest BCUT2D eigenvalue weighted by Crippen LogP contribution is -2.41. The second-order valence-electron chi connectivity index (χ2n) is 9.04. The normalized spacial score (nSPS) is 16.0. The van der Waals surface area contributed by atoms with E-state index < -0.39 is 0 Å². The Balaban J connectivity index is 0.000000320. The minimum Gasteiger partial charge on any atom is -0.494 e. The van der Waals surface area contributed by atoms with E-state index in [9.17, 15) is 4.79 Å². The number of benzene rings is 1. The van der Waals surface area contributed by atoms with Crippen LogP contribution in [0.5, 0.6) is 5.75 Å². The van der Waals surface area contributed by atoms with Crippen LogP contribution in [0.25, 0.3) is 0 Å². The highest BCUT2D eigenvalue weighted by Crippen LogP contribution is 2.20. The van der Waals surface area contributed by atoms with E-state index in [0.29, 0.717) is 11.6 Å². The van der Waals surface area contributed by atoms with Crippen molar-refractivity contribution in [2.75, 3.05) is 33.3 Å². The molecule has 0 atom stereocenters. The molecule has 0 aromatic heterocycles. The highest BCUT2D eigenvalue weighted by molar-refractivity contribution is 6.30. The smallest absolute Gasteiger partial charge is 0.125 e. The highest BCUT2D eigenvalue weighted by Gasteiger charge is 2.17. The monoisotopic (exact) mass is 462 g/mol. The zero-order chi connectivity index (χ0) is 23.8. The molecular formula is C27H43ClN2O2. The van der Waals surface area contributed by atoms with E-state index in [4.69, 9.17) is 16.3 Å². The number of hydrogen-bond donors (Lipinski definition) is 1. The van der Waals surface area contributed by atoms with Crippen LogP contribution in [-0.4, -0.2) is 50.5 Å². The molecule has 180 valence electrons. The Hall–Kier alpha value is -1.62. The van der Waals surface area contributed by atoms with E-state index >= 15 is 0 Å². The standard InChI is InChI=1S/C14H26N2.C13H17ClO2/c1-4-6-13(7-5-2)12-16-10-8-14(15-3)9-11-16;1-13(2,10-15)8-3-9-16-12-6-4-11(14)5-7-12/h4,6-7,14-15H,5,8-12H2,1-3H3;4-7,10H,3,8-9H2,1-2H3/b6-4-,13-7+;. The van der Waals surface area contributed by atoms with E-state index in [0.717, 1.165) is 43.9 Å². The van der Waals surface area contributed by atoms with Gasteiger partial charge in [-0.25, -0.2) is 0 Å². The second kappa shape index (κ2) is 16.1. The highest BCUT2D eigenvalue weighted by atomic mass is 35.5. The molecule has 1 aromatic rings. The Kier molecular flexibility index (Phi) is 14.3. The SMILES string of the molecule is C/C=C\C(=C/CC)CN1CCC(NC)CC1.CC(C)(C=O)CCCOc1ccc(Cl)cc1. The van der Waals surface area contributed by atoms with Crippen molar-refractivity contribution in [3.8, 4) is 5.75 Å². The lowest BCUT2D eigenvalue weighted by atomic mass is 9.90. The number of likely N-dealkylation sites (tertiary alicyclic amines) is 1. The van der Waals surface area contributed by atoms with Gasteiger partial charge in [-0.05, 0) is 89.0 Å². The molecule has 0 amide bonds. The van der Waals surface area contributed by atoms with Crippen LogP contribution in [0.15, 0.2) is 48.1 Å². The molecule has 1 saturated heterocycles. The molecule has 1 fully saturated rings. The van der Waals surface area contributed by atoms with Crippen LogP contribution in [0.3, 0.4) is 0 Å². The molecule has 1 aromatic carbocycles. The largest absolute Gasteiger partial charge is 0.494 e. The van der Waals surface area contributed by atoms with Crippen molar-refractivity contribution in [2.24, 2.45) is 5.41 Å². The Labute approximate surface area is 201 Å². The van der Waals surface area contributed by atoms with E-state index in [-0.39, 0.29) is 5.41 Å². The molecule has 1 heterocycles. The average molecular weight is 463 g/mol. The number of nitrogens with zero attached hydrogens (tertiary/aromatic N) is 1. The van der Waals surface area contributed by atoms with Crippen LogP contribution in [-0.2, 0) is 4.79 Å². The molecule has 32 heavy (non-hydrogen) atoms. The summed E-state index contributed by atoms with van der Waals surface area (Å²) in [6, 6.07) is 8.01. The molecule has 0 aliphatic carbocycles. The van der Waals surface area contributed by atoms with Crippen LogP contribution in [0.4, 0.5) is 0 Å². The Bertz CT molecular complexity index is 690. The second-order valence-corrected chi connectivity index (χ2v) is 9.48. The Morgan fingerprint density at radius 3 is 2.44 bits per heavy atom. The van der Waals surface area contributed by atoms with E-state index in [2.05, 4.69) is 49.3 Å². The molecule has 0 unspecified atom stereocenters. The van der Waals surface area contributed by atoms with Gasteiger partial charge < -0.3 is 14.8 Å². The number of ether oxygens (including phenoxy) is 1. The summed E-state index contributed by atoms with van der Waals surface area (Å²) >= 11 is 5.76. The maximum Gasteiger partial charge on any atom is 0.125 e. The number of piperidine rings is 1. The number of rotatable bonds is 11. The van der Waals surface area contributed by atoms with Gasteiger partial charge in [-0.2, -0.15) is 0 Å². The minimum atomic E-state index is -0.247. The van der Waals surface area contributed by atoms with Gasteiger partial charge in [-0.3, -0.25) is 4.90 Å². The number of carbonyl (C=O) groups is 1. The van der Waals surface area contributed by atoms with Crippen LogP contribution in [0.2, 0.25) is 5.02 Å². The molecule has 5 heteroatoms. The first kappa shape index (κ1) is 28.4. The predicted molar refractivity (Wildman–Crippen MR) is 138 cm³/mol. The number of halogens is 1. The van der Waals surface area contributed by atoms with Gasteiger partial charge in [0.2, 0.25) is 0 Å². The van der Waals surface area contributed by atoms with E-state index in [1.165, 1.54) is 31.5 Å². The third-order valence-electron chi connectivity index (χ3n) is 5.62. The molecule has 0 saturated carbocycles. The van der Waals surface area contributed by atoms with Crippen molar-refractivity contribution in [3.05, 3.63) is 53.1 Å². The first-order chi connectivity index (χ1) is 15.3. The summed E-state index contributed by atoms with van der Waals surface area (Å²) in [5.41, 5.74) is 1.22. The van der Waals surface area contributed by atoms with Crippen molar-refractivity contribution in [1.29, 1.82) is 0 Å². The first-order valence-corrected chi connectivity index (χ1v) is 12.3. The van der Waals surface area contributed by atoms with Gasteiger partial charge in [0, 0.05) is 23.0 Å². The van der Waals surface area contributed by atoms with Crippen molar-refractivity contribution in [2.45, 2.75) is 65.8 Å². The fraction of sp³-hybridized carbons (Fsp3) is 0.593. The van der Waals surface area contributed by atoms with Crippen molar-refractivity contribution in [3.63, 3.8) is 0 Å². The molecule has 0 bridgehead atoms. The Morgan fingerprint density at radius 2 is 1.91 bits per heavy atom. The summed E-state index contributed by atoms with van der Waals surface area (Å²) in [5.74, 6) is 0.813. The molecule has 0 radical (unpaired) electrons. The molecular weight excluding hydrogens is 420 g/mol. The summed E-state index contributed by atoms with van der Waals surface area (Å²) in [6.45, 7) is 12.4. The molecule has 4 nitrogen and oxygen atoms in total. The lowest BCUT2D eigenvalue weighted by molar-refractivity contribution is -0.115. The fourth-order valence-corrected chi connectivity index (χ4v) is 3.73. The van der Waals surface area contributed by atoms with Gasteiger partial charge in [-0.1, -0.05) is 50.6 Å². The first-order valence-electron chi connectivity index (χ1n) is 11.9. The van der Waals surface area contributed by atoms with Crippen molar-refractivity contribution in [1.82, 2.24) is 10.2 Å². The fourth-order valence-electron chi connectivity index (χ4n) is 3.61. The van der Waals surface area contributed by atoms with Gasteiger partial charge in [0.1, 0.15) is 12.0 Å². The van der Waals surface area contributed by atoms with Crippen LogP contribution in [0.1, 0.15) is 59.8 Å². The summed E-state index contributed by atoms with van der Waals surface area (Å²) in [6.07, 6.45) is 13.1. The quantitative estimate of drug-likeness (QED) is 0.238. The van der Waals surface area contributed by atoms with E-state index in [1.807, 2.05) is 26.0 Å². The number of carbonyl (C=O) groups excluding carboxylic acids is 1. The minimum absolute atomic E-state index is 0.247. The van der Waals surface area contributed by atoms with Crippen LogP contribution < -0.4 is 10.1 Å². The Morgan fingerprint density at radius 1 is 1.25 bits per heavy atom. The van der Waals surface area contributed by atoms with Gasteiger partial charge in [0.05, 0.1) is 6.61 Å². The topological polar surface area (TPSA) is 41.6 Å². The average Bonchev–Trinajstić information content (AvgIpc) is 2.79.